The van der Waals surface area contributed by atoms with Crippen LogP contribution in [0.4, 0.5) is 0 Å². The van der Waals surface area contributed by atoms with Crippen LogP contribution in [0.5, 0.6) is 11.5 Å². The third-order valence-electron chi connectivity index (χ3n) is 5.50. The van der Waals surface area contributed by atoms with Crippen LogP contribution < -0.4 is 9.47 Å². The first-order valence-corrected chi connectivity index (χ1v) is 13.9. The molecule has 0 spiro atoms. The molecule has 0 aromatic heterocycles. The minimum absolute atomic E-state index is 0.539. The second-order valence-corrected chi connectivity index (χ2v) is 10.3. The molecule has 5 rings (SSSR count). The number of hydrogen-bond donors (Lipinski definition) is 0. The van der Waals surface area contributed by atoms with E-state index < -0.39 is 0 Å². The highest BCUT2D eigenvalue weighted by Gasteiger charge is 2.17. The predicted octanol–water partition coefficient (Wildman–Crippen LogP) is 5.30. The minimum atomic E-state index is 0.539. The summed E-state index contributed by atoms with van der Waals surface area (Å²) < 4.78 is 29.6. The Bertz CT molecular complexity index is 794. The first-order chi connectivity index (χ1) is 16.2. The number of fused-ring (bicyclic) bond motifs is 16. The number of benzene rings is 2. The molecule has 6 bridgehead atoms. The van der Waals surface area contributed by atoms with Gasteiger partial charge in [0.2, 0.25) is 0 Å². The lowest BCUT2D eigenvalue weighted by Crippen LogP contribution is -2.15. The van der Waals surface area contributed by atoms with Gasteiger partial charge in [-0.2, -0.15) is 23.5 Å². The third-order valence-corrected chi connectivity index (χ3v) is 7.56. The van der Waals surface area contributed by atoms with Crippen LogP contribution in [0.2, 0.25) is 0 Å². The Hall–Kier alpha value is -1.38. The van der Waals surface area contributed by atoms with Crippen molar-refractivity contribution >= 4 is 23.5 Å². The molecule has 2 aromatic carbocycles. The van der Waals surface area contributed by atoms with Crippen molar-refractivity contribution in [3.05, 3.63) is 57.6 Å². The Kier molecular flexibility index (Phi) is 9.68. The van der Waals surface area contributed by atoms with Crippen LogP contribution in [0.15, 0.2) is 24.3 Å². The van der Waals surface area contributed by atoms with Gasteiger partial charge in [0.1, 0.15) is 24.7 Å². The predicted molar refractivity (Wildman–Crippen MR) is 136 cm³/mol. The summed E-state index contributed by atoms with van der Waals surface area (Å²) in [5, 5.41) is 0. The summed E-state index contributed by atoms with van der Waals surface area (Å²) >= 11 is 3.82. The Morgan fingerprint density at radius 2 is 0.788 bits per heavy atom. The van der Waals surface area contributed by atoms with Gasteiger partial charge in [-0.15, -0.1) is 0 Å². The highest BCUT2D eigenvalue weighted by atomic mass is 32.2. The average Bonchev–Trinajstić information content (AvgIpc) is 2.78. The number of ether oxygens (including phenoxy) is 5. The summed E-state index contributed by atoms with van der Waals surface area (Å²) in [7, 11) is 0. The van der Waals surface area contributed by atoms with E-state index in [0.717, 1.165) is 34.5 Å². The van der Waals surface area contributed by atoms with Crippen LogP contribution in [0, 0.1) is 13.8 Å². The SMILES string of the molecule is Cc1cc2c3c(c1)CSCc1cc(C)cc(c1OCCOCCOCCOCCO3)CSC2. The fraction of sp³-hybridized carbons (Fsp3) is 0.538. The summed E-state index contributed by atoms with van der Waals surface area (Å²) in [4.78, 5) is 0. The highest BCUT2D eigenvalue weighted by molar-refractivity contribution is 7.98. The zero-order valence-electron chi connectivity index (χ0n) is 19.7. The second kappa shape index (κ2) is 12.9. The number of thioether (sulfide) groups is 2. The molecule has 0 amide bonds. The molecule has 180 valence electrons. The Morgan fingerprint density at radius 1 is 0.485 bits per heavy atom. The fourth-order valence-corrected chi connectivity index (χ4v) is 6.09. The molecular formula is C26H34O5S2. The van der Waals surface area contributed by atoms with Crippen LogP contribution in [0.25, 0.3) is 0 Å². The van der Waals surface area contributed by atoms with Crippen LogP contribution in [0.1, 0.15) is 33.4 Å². The van der Waals surface area contributed by atoms with Crippen molar-refractivity contribution in [3.8, 4) is 11.5 Å². The number of rotatable bonds is 0. The van der Waals surface area contributed by atoms with E-state index in [-0.39, 0.29) is 0 Å². The van der Waals surface area contributed by atoms with Crippen molar-refractivity contribution in [2.24, 2.45) is 0 Å². The van der Waals surface area contributed by atoms with Crippen molar-refractivity contribution in [2.75, 3.05) is 52.9 Å². The van der Waals surface area contributed by atoms with Crippen molar-refractivity contribution in [1.82, 2.24) is 0 Å². The smallest absolute Gasteiger partial charge is 0.127 e. The summed E-state index contributed by atoms with van der Waals surface area (Å²) in [6.45, 7) is 8.77. The molecule has 3 aliphatic rings. The van der Waals surface area contributed by atoms with E-state index in [1.165, 1.54) is 33.4 Å². The molecule has 0 N–H and O–H groups in total. The molecule has 2 aromatic rings. The van der Waals surface area contributed by atoms with Gasteiger partial charge < -0.3 is 23.7 Å². The summed E-state index contributed by atoms with van der Waals surface area (Å²) in [6, 6.07) is 9.05. The first kappa shape index (κ1) is 24.7. The lowest BCUT2D eigenvalue weighted by atomic mass is 10.1. The van der Waals surface area contributed by atoms with Gasteiger partial charge in [-0.3, -0.25) is 0 Å². The monoisotopic (exact) mass is 490 g/mol. The van der Waals surface area contributed by atoms with Gasteiger partial charge in [0.05, 0.1) is 39.6 Å². The minimum Gasteiger partial charge on any atom is -0.491 e. The first-order valence-electron chi connectivity index (χ1n) is 11.6. The van der Waals surface area contributed by atoms with Gasteiger partial charge in [-0.25, -0.2) is 0 Å². The molecule has 0 saturated carbocycles. The molecule has 0 aliphatic carbocycles. The second-order valence-electron chi connectivity index (χ2n) is 8.34. The summed E-state index contributed by atoms with van der Waals surface area (Å²) in [5.41, 5.74) is 7.62. The van der Waals surface area contributed by atoms with Crippen molar-refractivity contribution < 1.29 is 23.7 Å². The van der Waals surface area contributed by atoms with E-state index in [1.54, 1.807) is 0 Å². The van der Waals surface area contributed by atoms with E-state index in [2.05, 4.69) is 38.1 Å². The zero-order chi connectivity index (χ0) is 22.9. The normalized spacial score (nSPS) is 18.8. The molecule has 0 radical (unpaired) electrons. The summed E-state index contributed by atoms with van der Waals surface area (Å²) in [6.07, 6.45) is 0. The Labute approximate surface area is 205 Å². The fourth-order valence-electron chi connectivity index (χ4n) is 4.15. The van der Waals surface area contributed by atoms with Gasteiger partial charge in [0, 0.05) is 45.3 Å². The molecule has 5 nitrogen and oxygen atoms in total. The van der Waals surface area contributed by atoms with Crippen LogP contribution in [-0.2, 0) is 37.2 Å². The Balaban J connectivity index is 1.62. The molecular weight excluding hydrogens is 456 g/mol. The van der Waals surface area contributed by atoms with Gasteiger partial charge in [0.25, 0.3) is 0 Å². The maximum Gasteiger partial charge on any atom is 0.127 e. The van der Waals surface area contributed by atoms with Gasteiger partial charge in [-0.05, 0) is 13.8 Å². The van der Waals surface area contributed by atoms with E-state index in [9.17, 15) is 0 Å². The quantitative estimate of drug-likeness (QED) is 0.464. The molecule has 0 fully saturated rings. The average molecular weight is 491 g/mol. The molecule has 3 heterocycles. The topological polar surface area (TPSA) is 46.2 Å². The van der Waals surface area contributed by atoms with Gasteiger partial charge in [0.15, 0.2) is 0 Å². The van der Waals surface area contributed by atoms with Crippen LogP contribution in [0.3, 0.4) is 0 Å². The molecule has 33 heavy (non-hydrogen) atoms. The van der Waals surface area contributed by atoms with E-state index >= 15 is 0 Å². The van der Waals surface area contributed by atoms with Crippen molar-refractivity contribution in [3.63, 3.8) is 0 Å². The van der Waals surface area contributed by atoms with Crippen molar-refractivity contribution in [2.45, 2.75) is 36.9 Å². The Morgan fingerprint density at radius 3 is 1.12 bits per heavy atom. The number of hydrogen-bond acceptors (Lipinski definition) is 7. The standard InChI is InChI=1S/C26H34O5S2/c1-19-11-21-15-32-17-23-13-20(2)14-24-18-33-16-22(12-19)25(21)30-9-7-28-5-3-27-4-6-29-8-10-31-26(23)24/h11-14H,3-10,15-18H2,1-2H3. The molecule has 0 saturated heterocycles. The van der Waals surface area contributed by atoms with E-state index in [1.807, 2.05) is 23.5 Å². The van der Waals surface area contributed by atoms with Gasteiger partial charge >= 0.3 is 0 Å². The zero-order valence-corrected chi connectivity index (χ0v) is 21.3. The molecule has 3 aliphatic heterocycles. The molecule has 0 atom stereocenters. The lowest BCUT2D eigenvalue weighted by Gasteiger charge is -2.21. The number of aryl methyl sites for hydroxylation is 2. The highest BCUT2D eigenvalue weighted by Crippen LogP contribution is 2.38. The van der Waals surface area contributed by atoms with E-state index in [4.69, 9.17) is 23.7 Å². The maximum absolute atomic E-state index is 6.30. The van der Waals surface area contributed by atoms with E-state index in [0.29, 0.717) is 52.9 Å². The summed E-state index contributed by atoms with van der Waals surface area (Å²) in [5.74, 6) is 5.65. The lowest BCUT2D eigenvalue weighted by molar-refractivity contribution is 0.00485. The van der Waals surface area contributed by atoms with Crippen LogP contribution in [-0.4, -0.2) is 52.9 Å². The van der Waals surface area contributed by atoms with Crippen molar-refractivity contribution in [1.29, 1.82) is 0 Å². The maximum atomic E-state index is 6.30. The van der Waals surface area contributed by atoms with Crippen LogP contribution >= 0.6 is 23.5 Å². The molecule has 0 unspecified atom stereocenters. The van der Waals surface area contributed by atoms with Gasteiger partial charge in [-0.1, -0.05) is 35.4 Å². The molecule has 7 heteroatoms. The third kappa shape index (κ3) is 7.30. The largest absolute Gasteiger partial charge is 0.491 e.